The number of phenols is 1. The Balaban J connectivity index is 0.00000200. The molecule has 4 fully saturated rings. The number of carbonyl (C=O) groups is 1. The van der Waals surface area contributed by atoms with Gasteiger partial charge in [-0.25, -0.2) is 13.2 Å². The Hall–Kier alpha value is -4.96. The van der Waals surface area contributed by atoms with Gasteiger partial charge in [-0.15, -0.1) is 6.42 Å². The second-order valence-corrected chi connectivity index (χ2v) is 13.7. The average Bonchev–Trinajstić information content (AvgIpc) is 3.74. The number of nitrogens with zero attached hydrogens (tertiary/aromatic N) is 6. The minimum absolute atomic E-state index is 0.0255. The number of hydrogen-bond donors (Lipinski definition) is 2. The van der Waals surface area contributed by atoms with Crippen LogP contribution in [-0.4, -0.2) is 98.1 Å². The van der Waals surface area contributed by atoms with Crippen molar-refractivity contribution in [2.75, 3.05) is 37.7 Å². The van der Waals surface area contributed by atoms with Crippen molar-refractivity contribution in [1.29, 1.82) is 5.41 Å². The molecule has 266 valence electrons. The van der Waals surface area contributed by atoms with E-state index in [-0.39, 0.29) is 69.8 Å². The monoisotopic (exact) mass is 699 g/mol. The molecule has 0 aliphatic carbocycles. The lowest BCUT2D eigenvalue weighted by molar-refractivity contribution is -0.127. The van der Waals surface area contributed by atoms with E-state index in [1.165, 1.54) is 37.4 Å². The van der Waals surface area contributed by atoms with E-state index in [2.05, 4.69) is 20.8 Å². The second-order valence-electron chi connectivity index (χ2n) is 13.7. The Morgan fingerprint density at radius 2 is 1.90 bits per heavy atom. The molecule has 4 aliphatic rings. The molecule has 0 spiro atoms. The molecular weight excluding hydrogens is 659 g/mol. The summed E-state index contributed by atoms with van der Waals surface area (Å²) >= 11 is 0. The highest BCUT2D eigenvalue weighted by molar-refractivity contribution is 6.36. The van der Waals surface area contributed by atoms with E-state index >= 15 is 4.39 Å². The van der Waals surface area contributed by atoms with Gasteiger partial charge in [0.1, 0.15) is 41.4 Å². The summed E-state index contributed by atoms with van der Waals surface area (Å²) in [5.41, 5.74) is -0.811. The molecule has 3 unspecified atom stereocenters. The molecule has 2 aromatic carbocycles. The number of terminal acetylenes is 1. The predicted octanol–water partition coefficient (Wildman–Crippen LogP) is 6.01. The molecule has 2 N–H and O–H groups in total. The largest absolute Gasteiger partial charge is 0.508 e. The van der Waals surface area contributed by atoms with Gasteiger partial charge in [-0.3, -0.25) is 20.1 Å². The molecule has 4 aromatic rings. The molecule has 2 aromatic heterocycles. The van der Waals surface area contributed by atoms with Crippen molar-refractivity contribution < 1.29 is 27.8 Å². The number of amides is 1. The number of ether oxygens (including phenoxy) is 1. The number of pyridine rings is 1. The van der Waals surface area contributed by atoms with E-state index in [1.807, 2.05) is 18.7 Å². The molecule has 4 saturated heterocycles. The molecule has 0 radical (unpaired) electrons. The normalized spacial score (nSPS) is 24.0. The van der Waals surface area contributed by atoms with Crippen LogP contribution in [-0.2, 0) is 4.79 Å². The number of alkyl halides is 1. The van der Waals surface area contributed by atoms with Gasteiger partial charge in [0.25, 0.3) is 5.91 Å². The van der Waals surface area contributed by atoms with Gasteiger partial charge in [0.05, 0.1) is 34.3 Å². The van der Waals surface area contributed by atoms with E-state index in [0.717, 1.165) is 32.2 Å². The fourth-order valence-corrected chi connectivity index (χ4v) is 8.52. The van der Waals surface area contributed by atoms with Crippen LogP contribution in [0.5, 0.6) is 11.8 Å². The zero-order valence-electron chi connectivity index (χ0n) is 28.8. The third-order valence-corrected chi connectivity index (χ3v) is 10.7. The van der Waals surface area contributed by atoms with Crippen LogP contribution in [0.2, 0.25) is 0 Å². The lowest BCUT2D eigenvalue weighted by Crippen LogP contribution is -2.57. The molecule has 13 heteroatoms. The van der Waals surface area contributed by atoms with Gasteiger partial charge >= 0.3 is 6.01 Å². The number of halogens is 3. The standard InChI is InChI=1S/C36H34F3N7O3.C2H6/c1-3-25-28(38)8-5-20-11-24(47)12-26(29(20)25)31-30(39)32-27(14-41-31)33(44-16-22-6-7-23(17-44)46(22)34(48)19(2)40)43-35(42-32)49-18-36-9-4-10-45(36)15-21(37)13-36;1-2/h1,5,8,11-12,14,21-23,40,47H,4,6-7,9-10,13,15-18H2,2H3;1-2H3/t21?,22-,23?,36?;/m1./s1. The molecule has 1 amide bonds. The first-order chi connectivity index (χ1) is 24.6. The van der Waals surface area contributed by atoms with Crippen molar-refractivity contribution in [2.24, 2.45) is 0 Å². The average molecular weight is 700 g/mol. The number of phenolic OH excluding ortho intramolecular Hbond substituents is 1. The van der Waals surface area contributed by atoms with Gasteiger partial charge in [-0.1, -0.05) is 25.8 Å². The van der Waals surface area contributed by atoms with E-state index in [9.17, 15) is 18.7 Å². The topological polar surface area (TPSA) is 119 Å². The van der Waals surface area contributed by atoms with Crippen LogP contribution in [0.15, 0.2) is 30.5 Å². The Kier molecular flexibility index (Phi) is 8.99. The summed E-state index contributed by atoms with van der Waals surface area (Å²) in [6, 6.07) is 4.94. The van der Waals surface area contributed by atoms with E-state index in [0.29, 0.717) is 42.6 Å². The fourth-order valence-electron chi connectivity index (χ4n) is 8.52. The van der Waals surface area contributed by atoms with Crippen LogP contribution in [0.3, 0.4) is 0 Å². The molecule has 8 rings (SSSR count). The number of hydrogen-bond acceptors (Lipinski definition) is 9. The summed E-state index contributed by atoms with van der Waals surface area (Å²) in [5, 5.41) is 19.4. The lowest BCUT2D eigenvalue weighted by atomic mass is 9.95. The molecular formula is C38H40F3N7O3. The number of aromatic hydroxyl groups is 1. The SMILES string of the molecule is C#Cc1c(F)ccc2cc(O)cc(-c3ncc4c(N5CC6CC[C@H](C5)N6C(=O)C(C)=N)nc(OCC56CCCN5CC(F)C6)nc4c3F)c12.CC. The first kappa shape index (κ1) is 34.5. The van der Waals surface area contributed by atoms with Gasteiger partial charge in [0.2, 0.25) is 0 Å². The summed E-state index contributed by atoms with van der Waals surface area (Å²) < 4.78 is 52.6. The van der Waals surface area contributed by atoms with Crippen molar-refractivity contribution in [1.82, 2.24) is 24.8 Å². The maximum absolute atomic E-state index is 16.9. The molecule has 51 heavy (non-hydrogen) atoms. The predicted molar refractivity (Wildman–Crippen MR) is 189 cm³/mol. The maximum Gasteiger partial charge on any atom is 0.319 e. The van der Waals surface area contributed by atoms with Crippen molar-refractivity contribution in [3.05, 3.63) is 47.7 Å². The highest BCUT2D eigenvalue weighted by Gasteiger charge is 2.49. The molecule has 4 aliphatic heterocycles. The zero-order valence-corrected chi connectivity index (χ0v) is 28.8. The van der Waals surface area contributed by atoms with Crippen LogP contribution >= 0.6 is 0 Å². The summed E-state index contributed by atoms with van der Waals surface area (Å²) in [5.74, 6) is 0.732. The lowest BCUT2D eigenvalue weighted by Gasteiger charge is -2.41. The van der Waals surface area contributed by atoms with Gasteiger partial charge < -0.3 is 19.6 Å². The molecule has 10 nitrogen and oxygen atoms in total. The number of aromatic nitrogens is 3. The Labute approximate surface area is 294 Å². The van der Waals surface area contributed by atoms with Gasteiger partial charge in [0, 0.05) is 43.2 Å². The molecule has 2 bridgehead atoms. The summed E-state index contributed by atoms with van der Waals surface area (Å²) in [7, 11) is 0. The molecule has 6 heterocycles. The van der Waals surface area contributed by atoms with Gasteiger partial charge in [-0.05, 0) is 62.7 Å². The van der Waals surface area contributed by atoms with Crippen molar-refractivity contribution in [3.63, 3.8) is 0 Å². The van der Waals surface area contributed by atoms with Crippen LogP contribution in [0.25, 0.3) is 32.9 Å². The summed E-state index contributed by atoms with van der Waals surface area (Å²) in [4.78, 5) is 32.5. The number of rotatable bonds is 6. The van der Waals surface area contributed by atoms with E-state index < -0.39 is 23.3 Å². The molecule has 4 atom stereocenters. The minimum atomic E-state index is -0.961. The van der Waals surface area contributed by atoms with E-state index in [4.69, 9.17) is 21.6 Å². The van der Waals surface area contributed by atoms with Crippen LogP contribution < -0.4 is 9.64 Å². The number of piperazine rings is 1. The number of carbonyl (C=O) groups excluding carboxylic acids is 1. The smallest absolute Gasteiger partial charge is 0.319 e. The third kappa shape index (κ3) is 5.79. The summed E-state index contributed by atoms with van der Waals surface area (Å²) in [6.07, 6.45) is 9.69. The Morgan fingerprint density at radius 3 is 2.61 bits per heavy atom. The Bertz CT molecular complexity index is 2090. The van der Waals surface area contributed by atoms with Gasteiger partial charge in [0.15, 0.2) is 5.82 Å². The summed E-state index contributed by atoms with van der Waals surface area (Å²) in [6.45, 7) is 7.53. The van der Waals surface area contributed by atoms with E-state index in [1.54, 1.807) is 4.90 Å². The number of benzene rings is 2. The number of fused-ring (bicyclic) bond motifs is 5. The zero-order chi connectivity index (χ0) is 36.2. The van der Waals surface area contributed by atoms with Crippen molar-refractivity contribution >= 4 is 39.1 Å². The van der Waals surface area contributed by atoms with Crippen molar-refractivity contribution in [2.45, 2.75) is 76.7 Å². The number of nitrogens with one attached hydrogen (secondary N) is 1. The maximum atomic E-state index is 16.9. The van der Waals surface area contributed by atoms with Crippen molar-refractivity contribution in [3.8, 4) is 35.4 Å². The first-order valence-electron chi connectivity index (χ1n) is 17.5. The quantitative estimate of drug-likeness (QED) is 0.186. The van der Waals surface area contributed by atoms with Crippen LogP contribution in [0.4, 0.5) is 19.0 Å². The second kappa shape index (κ2) is 13.3. The van der Waals surface area contributed by atoms with Gasteiger partial charge in [-0.2, -0.15) is 9.97 Å². The highest BCUT2D eigenvalue weighted by Crippen LogP contribution is 2.42. The van der Waals surface area contributed by atoms with Crippen LogP contribution in [0.1, 0.15) is 58.4 Å². The highest BCUT2D eigenvalue weighted by atomic mass is 19.1. The number of anilines is 1. The fraction of sp³-hybridized carbons (Fsp3) is 0.447. The first-order valence-corrected chi connectivity index (χ1v) is 17.5. The third-order valence-electron chi connectivity index (χ3n) is 10.7. The van der Waals surface area contributed by atoms with Crippen LogP contribution in [0, 0.1) is 29.4 Å². The Morgan fingerprint density at radius 1 is 1.16 bits per heavy atom. The minimum Gasteiger partial charge on any atom is -0.508 e. The molecule has 0 saturated carbocycles.